The molecule has 1 aliphatic heterocycles. The standard InChI is InChI=1S/C22H23ClN2O3S2/c1-15-3-5-16(6-4-15)19-14-29-22(24-19)25-11-9-18(10-12-25)30(26,27)21-13-17(23)7-8-20(21)28-2/h3-8,13-14,18H,9-12H2,1-2H3. The number of ether oxygens (including phenoxy) is 1. The van der Waals surface area contributed by atoms with Crippen LogP contribution in [0, 0.1) is 6.92 Å². The molecule has 0 bridgehead atoms. The number of nitrogens with zero attached hydrogens (tertiary/aromatic N) is 2. The maximum Gasteiger partial charge on any atom is 0.185 e. The number of hydrogen-bond donors (Lipinski definition) is 0. The molecule has 1 aromatic heterocycles. The van der Waals surface area contributed by atoms with Gasteiger partial charge in [0, 0.05) is 29.1 Å². The van der Waals surface area contributed by atoms with Crippen LogP contribution in [0.3, 0.4) is 0 Å². The average molecular weight is 463 g/mol. The van der Waals surface area contributed by atoms with Gasteiger partial charge < -0.3 is 9.64 Å². The quantitative estimate of drug-likeness (QED) is 0.520. The first kappa shape index (κ1) is 21.2. The fraction of sp³-hybridized carbons (Fsp3) is 0.318. The van der Waals surface area contributed by atoms with Crippen LogP contribution in [0.1, 0.15) is 18.4 Å². The molecule has 0 radical (unpaired) electrons. The molecule has 158 valence electrons. The van der Waals surface area contributed by atoms with Crippen molar-refractivity contribution < 1.29 is 13.2 Å². The van der Waals surface area contributed by atoms with Crippen LogP contribution in [0.5, 0.6) is 5.75 Å². The zero-order chi connectivity index (χ0) is 21.3. The van der Waals surface area contributed by atoms with Gasteiger partial charge in [-0.15, -0.1) is 11.3 Å². The van der Waals surface area contributed by atoms with Crippen molar-refractivity contribution in [3.8, 4) is 17.0 Å². The smallest absolute Gasteiger partial charge is 0.185 e. The number of rotatable bonds is 5. The van der Waals surface area contributed by atoms with E-state index < -0.39 is 15.1 Å². The molecule has 2 aromatic carbocycles. The summed E-state index contributed by atoms with van der Waals surface area (Å²) in [5, 5.41) is 2.91. The van der Waals surface area contributed by atoms with E-state index in [9.17, 15) is 8.42 Å². The van der Waals surface area contributed by atoms with Crippen LogP contribution in [0.15, 0.2) is 52.7 Å². The summed E-state index contributed by atoms with van der Waals surface area (Å²) in [5.74, 6) is 0.337. The van der Waals surface area contributed by atoms with Crippen molar-refractivity contribution in [2.75, 3.05) is 25.1 Å². The minimum atomic E-state index is -3.53. The number of thiazole rings is 1. The monoisotopic (exact) mass is 462 g/mol. The molecular weight excluding hydrogens is 440 g/mol. The molecule has 0 unspecified atom stereocenters. The first-order chi connectivity index (χ1) is 14.4. The first-order valence-electron chi connectivity index (χ1n) is 9.73. The zero-order valence-corrected chi connectivity index (χ0v) is 19.2. The van der Waals surface area contributed by atoms with Crippen molar-refractivity contribution in [3.63, 3.8) is 0 Å². The third kappa shape index (κ3) is 4.19. The van der Waals surface area contributed by atoms with E-state index in [1.165, 1.54) is 18.7 Å². The number of aromatic nitrogens is 1. The van der Waals surface area contributed by atoms with Gasteiger partial charge in [-0.2, -0.15) is 0 Å². The SMILES string of the molecule is COc1ccc(Cl)cc1S(=O)(=O)C1CCN(c2nc(-c3ccc(C)cc3)cs2)CC1. The lowest BCUT2D eigenvalue weighted by atomic mass is 10.1. The van der Waals surface area contributed by atoms with Crippen LogP contribution in [0.4, 0.5) is 5.13 Å². The van der Waals surface area contributed by atoms with E-state index in [0.29, 0.717) is 36.7 Å². The largest absolute Gasteiger partial charge is 0.495 e. The summed E-state index contributed by atoms with van der Waals surface area (Å²) in [5.41, 5.74) is 3.26. The highest BCUT2D eigenvalue weighted by molar-refractivity contribution is 7.92. The van der Waals surface area contributed by atoms with Crippen molar-refractivity contribution in [2.24, 2.45) is 0 Å². The molecule has 5 nitrogen and oxygen atoms in total. The molecule has 8 heteroatoms. The van der Waals surface area contributed by atoms with Crippen molar-refractivity contribution in [1.82, 2.24) is 4.98 Å². The van der Waals surface area contributed by atoms with Gasteiger partial charge in [-0.05, 0) is 38.0 Å². The first-order valence-corrected chi connectivity index (χ1v) is 12.5. The van der Waals surface area contributed by atoms with E-state index in [2.05, 4.69) is 41.5 Å². The predicted octanol–water partition coefficient (Wildman–Crippen LogP) is 5.22. The highest BCUT2D eigenvalue weighted by atomic mass is 35.5. The molecular formula is C22H23ClN2O3S2. The van der Waals surface area contributed by atoms with Crippen LogP contribution in [-0.4, -0.2) is 38.9 Å². The second-order valence-electron chi connectivity index (χ2n) is 7.41. The summed E-state index contributed by atoms with van der Waals surface area (Å²) in [6.45, 7) is 3.36. The lowest BCUT2D eigenvalue weighted by molar-refractivity contribution is 0.402. The van der Waals surface area contributed by atoms with Crippen LogP contribution < -0.4 is 9.64 Å². The minimum Gasteiger partial charge on any atom is -0.495 e. The van der Waals surface area contributed by atoms with Gasteiger partial charge in [0.1, 0.15) is 10.6 Å². The Kier molecular flexibility index (Phi) is 6.04. The maximum atomic E-state index is 13.2. The molecule has 2 heterocycles. The topological polar surface area (TPSA) is 59.5 Å². The Morgan fingerprint density at radius 1 is 1.13 bits per heavy atom. The number of piperidine rings is 1. The van der Waals surface area contributed by atoms with Crippen molar-refractivity contribution in [1.29, 1.82) is 0 Å². The molecule has 0 atom stereocenters. The van der Waals surface area contributed by atoms with Crippen LogP contribution in [0.25, 0.3) is 11.3 Å². The second-order valence-corrected chi connectivity index (χ2v) is 10.9. The van der Waals surface area contributed by atoms with Gasteiger partial charge in [-0.25, -0.2) is 13.4 Å². The van der Waals surface area contributed by atoms with Crippen LogP contribution in [-0.2, 0) is 9.84 Å². The van der Waals surface area contributed by atoms with E-state index in [4.69, 9.17) is 21.3 Å². The lowest BCUT2D eigenvalue weighted by Gasteiger charge is -2.31. The molecule has 3 aromatic rings. The molecule has 30 heavy (non-hydrogen) atoms. The summed E-state index contributed by atoms with van der Waals surface area (Å²) in [6, 6.07) is 13.0. The minimum absolute atomic E-state index is 0.173. The van der Waals surface area contributed by atoms with E-state index in [-0.39, 0.29) is 4.90 Å². The van der Waals surface area contributed by atoms with Crippen LogP contribution >= 0.6 is 22.9 Å². The average Bonchev–Trinajstić information content (AvgIpc) is 3.24. The second kappa shape index (κ2) is 8.57. The van der Waals surface area contributed by atoms with E-state index >= 15 is 0 Å². The van der Waals surface area contributed by atoms with Gasteiger partial charge in [0.05, 0.1) is 18.1 Å². The molecule has 1 aliphatic rings. The molecule has 4 rings (SSSR count). The Labute approximate surface area is 186 Å². The third-order valence-electron chi connectivity index (χ3n) is 5.42. The third-order valence-corrected chi connectivity index (χ3v) is 8.84. The molecule has 0 N–H and O–H groups in total. The number of halogens is 1. The molecule has 0 amide bonds. The Morgan fingerprint density at radius 2 is 1.83 bits per heavy atom. The van der Waals surface area contributed by atoms with E-state index in [0.717, 1.165) is 16.4 Å². The van der Waals surface area contributed by atoms with Gasteiger partial charge in [0.15, 0.2) is 15.0 Å². The van der Waals surface area contributed by atoms with Crippen molar-refractivity contribution in [2.45, 2.75) is 29.9 Å². The lowest BCUT2D eigenvalue weighted by Crippen LogP contribution is -2.39. The van der Waals surface area contributed by atoms with Gasteiger partial charge in [-0.3, -0.25) is 0 Å². The molecule has 0 saturated carbocycles. The predicted molar refractivity (Wildman–Crippen MR) is 123 cm³/mol. The van der Waals surface area contributed by atoms with Crippen molar-refractivity contribution >= 4 is 37.9 Å². The van der Waals surface area contributed by atoms with Gasteiger partial charge >= 0.3 is 0 Å². The summed E-state index contributed by atoms with van der Waals surface area (Å²) in [4.78, 5) is 7.12. The van der Waals surface area contributed by atoms with Gasteiger partial charge in [0.2, 0.25) is 0 Å². The Balaban J connectivity index is 1.48. The van der Waals surface area contributed by atoms with E-state index in [1.54, 1.807) is 23.5 Å². The summed E-state index contributed by atoms with van der Waals surface area (Å²) >= 11 is 7.64. The maximum absolute atomic E-state index is 13.2. The Hall–Kier alpha value is -2.09. The normalized spacial score (nSPS) is 15.4. The van der Waals surface area contributed by atoms with Crippen molar-refractivity contribution in [3.05, 3.63) is 58.4 Å². The molecule has 0 spiro atoms. The number of benzene rings is 2. The summed E-state index contributed by atoms with van der Waals surface area (Å²) in [7, 11) is -2.06. The zero-order valence-electron chi connectivity index (χ0n) is 16.8. The van der Waals surface area contributed by atoms with Crippen LogP contribution in [0.2, 0.25) is 5.02 Å². The molecule has 0 aliphatic carbocycles. The highest BCUT2D eigenvalue weighted by Gasteiger charge is 2.34. The highest BCUT2D eigenvalue weighted by Crippen LogP contribution is 2.35. The number of anilines is 1. The number of aryl methyl sites for hydroxylation is 1. The fourth-order valence-corrected chi connectivity index (χ4v) is 6.72. The Bertz CT molecular complexity index is 1140. The van der Waals surface area contributed by atoms with E-state index in [1.807, 2.05) is 0 Å². The molecule has 1 fully saturated rings. The number of hydrogen-bond acceptors (Lipinski definition) is 6. The Morgan fingerprint density at radius 3 is 2.50 bits per heavy atom. The van der Waals surface area contributed by atoms with Gasteiger partial charge in [-0.1, -0.05) is 41.4 Å². The molecule has 1 saturated heterocycles. The summed E-state index contributed by atoms with van der Waals surface area (Å²) in [6.07, 6.45) is 1.08. The summed E-state index contributed by atoms with van der Waals surface area (Å²) < 4.78 is 31.7. The van der Waals surface area contributed by atoms with Gasteiger partial charge in [0.25, 0.3) is 0 Å². The number of sulfone groups is 1. The fourth-order valence-electron chi connectivity index (χ4n) is 3.68. The number of methoxy groups -OCH3 is 1.